The van der Waals surface area contributed by atoms with E-state index < -0.39 is 0 Å². The molecule has 1 atom stereocenters. The summed E-state index contributed by atoms with van der Waals surface area (Å²) in [6.45, 7) is 9.18. The van der Waals surface area contributed by atoms with E-state index in [0.29, 0.717) is 31.1 Å². The standard InChI is InChI=1S/C12H20N2O3S/c1-5-16-7-8(3)13-11-10(9(4)14-18-11)12(15)17-6-2/h8,13H,5-7H2,1-4H3. The van der Waals surface area contributed by atoms with Gasteiger partial charge in [-0.25, -0.2) is 4.79 Å². The normalized spacial score (nSPS) is 12.2. The van der Waals surface area contributed by atoms with Crippen molar-refractivity contribution in [1.29, 1.82) is 0 Å². The monoisotopic (exact) mass is 272 g/mol. The smallest absolute Gasteiger partial charge is 0.343 e. The molecule has 0 radical (unpaired) electrons. The number of hydrogen-bond acceptors (Lipinski definition) is 6. The van der Waals surface area contributed by atoms with E-state index in [1.165, 1.54) is 11.5 Å². The van der Waals surface area contributed by atoms with Crippen LogP contribution in [0.2, 0.25) is 0 Å². The van der Waals surface area contributed by atoms with Crippen LogP contribution in [0.1, 0.15) is 36.8 Å². The lowest BCUT2D eigenvalue weighted by molar-refractivity contribution is 0.0526. The molecule has 0 aliphatic rings. The summed E-state index contributed by atoms with van der Waals surface area (Å²) in [7, 11) is 0. The molecule has 0 saturated heterocycles. The Bertz CT molecular complexity index is 393. The van der Waals surface area contributed by atoms with Gasteiger partial charge >= 0.3 is 5.97 Å². The third-order valence-electron chi connectivity index (χ3n) is 2.29. The van der Waals surface area contributed by atoms with Gasteiger partial charge in [-0.1, -0.05) is 0 Å². The van der Waals surface area contributed by atoms with E-state index in [0.717, 1.165) is 5.00 Å². The molecule has 1 rings (SSSR count). The van der Waals surface area contributed by atoms with Crippen molar-refractivity contribution < 1.29 is 14.3 Å². The summed E-state index contributed by atoms with van der Waals surface area (Å²) in [6, 6.07) is 0.123. The van der Waals surface area contributed by atoms with Crippen LogP contribution in [0.5, 0.6) is 0 Å². The minimum Gasteiger partial charge on any atom is -0.462 e. The number of carbonyl (C=O) groups excluding carboxylic acids is 1. The average Bonchev–Trinajstić information content (AvgIpc) is 2.68. The Morgan fingerprint density at radius 1 is 1.44 bits per heavy atom. The van der Waals surface area contributed by atoms with Crippen molar-refractivity contribution in [3.63, 3.8) is 0 Å². The van der Waals surface area contributed by atoms with Crippen molar-refractivity contribution in [1.82, 2.24) is 4.37 Å². The summed E-state index contributed by atoms with van der Waals surface area (Å²) >= 11 is 1.27. The highest BCUT2D eigenvalue weighted by molar-refractivity contribution is 7.10. The van der Waals surface area contributed by atoms with Crippen molar-refractivity contribution in [3.8, 4) is 0 Å². The fraction of sp³-hybridized carbons (Fsp3) is 0.667. The largest absolute Gasteiger partial charge is 0.462 e. The van der Waals surface area contributed by atoms with Gasteiger partial charge in [0.05, 0.1) is 18.9 Å². The number of esters is 1. The summed E-state index contributed by atoms with van der Waals surface area (Å²) in [4.78, 5) is 11.8. The van der Waals surface area contributed by atoms with Gasteiger partial charge in [-0.3, -0.25) is 0 Å². The highest BCUT2D eigenvalue weighted by atomic mass is 32.1. The van der Waals surface area contributed by atoms with Crippen molar-refractivity contribution in [2.45, 2.75) is 33.7 Å². The lowest BCUT2D eigenvalue weighted by atomic mass is 10.2. The van der Waals surface area contributed by atoms with Gasteiger partial charge in [-0.05, 0) is 39.2 Å². The number of nitrogens with one attached hydrogen (secondary N) is 1. The number of nitrogens with zero attached hydrogens (tertiary/aromatic N) is 1. The molecule has 1 aromatic heterocycles. The van der Waals surface area contributed by atoms with Crippen LogP contribution in [0.4, 0.5) is 5.00 Å². The molecule has 102 valence electrons. The van der Waals surface area contributed by atoms with Crippen molar-refractivity contribution >= 4 is 22.5 Å². The molecule has 18 heavy (non-hydrogen) atoms. The van der Waals surface area contributed by atoms with Gasteiger partial charge in [0.15, 0.2) is 0 Å². The van der Waals surface area contributed by atoms with Gasteiger partial charge in [0.1, 0.15) is 10.6 Å². The lowest BCUT2D eigenvalue weighted by Crippen LogP contribution is -2.22. The number of ether oxygens (including phenoxy) is 2. The summed E-state index contributed by atoms with van der Waals surface area (Å²) in [6.07, 6.45) is 0. The number of anilines is 1. The molecule has 5 nitrogen and oxygen atoms in total. The summed E-state index contributed by atoms with van der Waals surface area (Å²) < 4.78 is 14.5. The van der Waals surface area contributed by atoms with Crippen LogP contribution in [-0.2, 0) is 9.47 Å². The van der Waals surface area contributed by atoms with Crippen LogP contribution in [-0.4, -0.2) is 36.2 Å². The molecule has 0 spiro atoms. The lowest BCUT2D eigenvalue weighted by Gasteiger charge is -2.14. The van der Waals surface area contributed by atoms with Crippen LogP contribution < -0.4 is 5.32 Å². The number of aryl methyl sites for hydroxylation is 1. The maximum Gasteiger partial charge on any atom is 0.343 e. The molecule has 0 bridgehead atoms. The fourth-order valence-corrected chi connectivity index (χ4v) is 2.37. The molecule has 0 saturated carbocycles. The zero-order valence-electron chi connectivity index (χ0n) is 11.3. The van der Waals surface area contributed by atoms with Crippen LogP contribution in [0, 0.1) is 6.92 Å². The second-order valence-corrected chi connectivity index (χ2v) is 4.67. The molecular formula is C12H20N2O3S. The molecule has 0 aliphatic heterocycles. The van der Waals surface area contributed by atoms with E-state index >= 15 is 0 Å². The maximum absolute atomic E-state index is 11.8. The van der Waals surface area contributed by atoms with Crippen molar-refractivity contribution in [2.75, 3.05) is 25.1 Å². The summed E-state index contributed by atoms with van der Waals surface area (Å²) in [5.74, 6) is -0.324. The summed E-state index contributed by atoms with van der Waals surface area (Å²) in [5.41, 5.74) is 1.23. The molecule has 0 amide bonds. The first-order valence-electron chi connectivity index (χ1n) is 6.07. The quantitative estimate of drug-likeness (QED) is 0.773. The Morgan fingerprint density at radius 2 is 2.17 bits per heavy atom. The van der Waals surface area contributed by atoms with Gasteiger partial charge < -0.3 is 14.8 Å². The van der Waals surface area contributed by atoms with E-state index in [9.17, 15) is 4.79 Å². The van der Waals surface area contributed by atoms with E-state index in [2.05, 4.69) is 9.69 Å². The Kier molecular flexibility index (Phi) is 6.07. The molecule has 0 fully saturated rings. The number of rotatable bonds is 7. The Morgan fingerprint density at radius 3 is 2.78 bits per heavy atom. The molecule has 1 aromatic rings. The Hall–Kier alpha value is -1.14. The van der Waals surface area contributed by atoms with Crippen LogP contribution >= 0.6 is 11.5 Å². The molecule has 1 heterocycles. The van der Waals surface area contributed by atoms with Gasteiger partial charge in [0.2, 0.25) is 0 Å². The van der Waals surface area contributed by atoms with Crippen LogP contribution in [0.15, 0.2) is 0 Å². The third-order valence-corrected chi connectivity index (χ3v) is 3.16. The second-order valence-electron chi connectivity index (χ2n) is 3.90. The minimum atomic E-state index is -0.324. The predicted molar refractivity (Wildman–Crippen MR) is 72.4 cm³/mol. The summed E-state index contributed by atoms with van der Waals surface area (Å²) in [5, 5.41) is 3.98. The van der Waals surface area contributed by atoms with E-state index in [4.69, 9.17) is 9.47 Å². The third kappa shape index (κ3) is 3.96. The molecule has 1 unspecified atom stereocenters. The molecule has 0 aromatic carbocycles. The first kappa shape index (κ1) is 14.9. The first-order valence-corrected chi connectivity index (χ1v) is 6.85. The highest BCUT2D eigenvalue weighted by Crippen LogP contribution is 2.26. The number of hydrogen-bond donors (Lipinski definition) is 1. The van der Waals surface area contributed by atoms with Gasteiger partial charge in [0.25, 0.3) is 0 Å². The van der Waals surface area contributed by atoms with Crippen molar-refractivity contribution in [3.05, 3.63) is 11.3 Å². The van der Waals surface area contributed by atoms with E-state index in [1.807, 2.05) is 13.8 Å². The minimum absolute atomic E-state index is 0.123. The number of carbonyl (C=O) groups is 1. The average molecular weight is 272 g/mol. The zero-order chi connectivity index (χ0) is 13.5. The highest BCUT2D eigenvalue weighted by Gasteiger charge is 2.20. The van der Waals surface area contributed by atoms with Crippen LogP contribution in [0.25, 0.3) is 0 Å². The number of aromatic nitrogens is 1. The molecular weight excluding hydrogens is 252 g/mol. The second kappa shape index (κ2) is 7.33. The molecule has 1 N–H and O–H groups in total. The Labute approximate surface area is 112 Å². The predicted octanol–water partition coefficient (Wildman–Crippen LogP) is 2.47. The van der Waals surface area contributed by atoms with Crippen molar-refractivity contribution in [2.24, 2.45) is 0 Å². The van der Waals surface area contributed by atoms with E-state index in [-0.39, 0.29) is 12.0 Å². The molecule has 0 aliphatic carbocycles. The first-order chi connectivity index (χ1) is 8.60. The molecule has 6 heteroatoms. The topological polar surface area (TPSA) is 60.5 Å². The maximum atomic E-state index is 11.8. The van der Waals surface area contributed by atoms with Crippen LogP contribution in [0.3, 0.4) is 0 Å². The van der Waals surface area contributed by atoms with E-state index in [1.54, 1.807) is 13.8 Å². The van der Waals surface area contributed by atoms with Gasteiger partial charge in [-0.15, -0.1) is 0 Å². The zero-order valence-corrected chi connectivity index (χ0v) is 12.1. The van der Waals surface area contributed by atoms with Gasteiger partial charge in [0, 0.05) is 12.6 Å². The fourth-order valence-electron chi connectivity index (χ4n) is 1.47. The Balaban J connectivity index is 2.74. The van der Waals surface area contributed by atoms with Gasteiger partial charge in [-0.2, -0.15) is 4.37 Å². The SMILES string of the molecule is CCOCC(C)Nc1snc(C)c1C(=O)OCC.